The van der Waals surface area contributed by atoms with Gasteiger partial charge in [0.05, 0.1) is 6.61 Å². The zero-order valence-electron chi connectivity index (χ0n) is 10.0. The van der Waals surface area contributed by atoms with Crippen molar-refractivity contribution in [2.45, 2.75) is 19.8 Å². The van der Waals surface area contributed by atoms with E-state index in [4.69, 9.17) is 14.5 Å². The number of rotatable bonds is 8. The highest BCUT2D eigenvalue weighted by molar-refractivity contribution is 7.51. The lowest BCUT2D eigenvalue weighted by atomic mass is 10.2. The van der Waals surface area contributed by atoms with Gasteiger partial charge < -0.3 is 19.8 Å². The molecule has 0 radical (unpaired) electrons. The Morgan fingerprint density at radius 1 is 1.22 bits per heavy atom. The Morgan fingerprint density at radius 2 is 1.89 bits per heavy atom. The molecule has 0 fully saturated rings. The van der Waals surface area contributed by atoms with E-state index in [0.29, 0.717) is 26.0 Å². The third-order valence-corrected chi connectivity index (χ3v) is 3.23. The van der Waals surface area contributed by atoms with Crippen LogP contribution in [0.15, 0.2) is 9.59 Å². The molecule has 0 spiro atoms. The Bertz CT molecular complexity index is 513. The Balaban J connectivity index is 2.36. The van der Waals surface area contributed by atoms with E-state index in [2.05, 4.69) is 5.32 Å². The van der Waals surface area contributed by atoms with E-state index in [1.165, 1.54) is 0 Å². The topological polar surface area (TPSA) is 113 Å². The molecular formula is C10H16NO6P. The van der Waals surface area contributed by atoms with Gasteiger partial charge in [0, 0.05) is 12.7 Å². The first-order valence-corrected chi connectivity index (χ1v) is 7.41. The fourth-order valence-electron chi connectivity index (χ4n) is 1.47. The van der Waals surface area contributed by atoms with E-state index in [9.17, 15) is 14.2 Å². The quantitative estimate of drug-likeness (QED) is 0.349. The number of unbranched alkanes of at least 4 members (excludes halogenated alkanes) is 1. The molecule has 0 aromatic heterocycles. The summed E-state index contributed by atoms with van der Waals surface area (Å²) < 4.78 is 15.6. The number of hydrogen-bond donors (Lipinski definition) is 3. The molecule has 18 heavy (non-hydrogen) atoms. The average Bonchev–Trinajstić information content (AvgIpc) is 2.29. The maximum atomic E-state index is 11.2. The lowest BCUT2D eigenvalue weighted by Crippen LogP contribution is -2.36. The number of nitrogens with one attached hydrogen (secondary N) is 1. The minimum atomic E-state index is -3.95. The molecule has 0 atom stereocenters. The van der Waals surface area contributed by atoms with Crippen molar-refractivity contribution in [3.63, 3.8) is 0 Å². The first-order valence-electron chi connectivity index (χ1n) is 5.61. The van der Waals surface area contributed by atoms with Gasteiger partial charge in [0.2, 0.25) is 0 Å². The van der Waals surface area contributed by atoms with Crippen molar-refractivity contribution in [3.8, 4) is 5.75 Å². The van der Waals surface area contributed by atoms with Crippen molar-refractivity contribution in [2.75, 3.05) is 24.6 Å². The fourth-order valence-corrected chi connectivity index (χ4v) is 2.11. The van der Waals surface area contributed by atoms with Crippen LogP contribution in [0.25, 0.3) is 0 Å². The normalized spacial score (nSPS) is 11.7. The molecule has 1 aromatic carbocycles. The van der Waals surface area contributed by atoms with Crippen LogP contribution in [-0.4, -0.2) is 29.1 Å². The summed E-state index contributed by atoms with van der Waals surface area (Å²) in [5, 5.41) is 2.75. The number of anilines is 1. The standard InChI is InChI=1S/C10H16NO6P/c1-2-17-10-7(8(12)9(10)13)11-5-3-4-6-18(14,15)16/h11H,2-6H2,1H3,(H2,14,15,16). The van der Waals surface area contributed by atoms with Crippen LogP contribution in [0, 0.1) is 0 Å². The SMILES string of the molecule is CCOc1c(NCCCCP(=O)(O)O)c(=O)c1=O. The first-order chi connectivity index (χ1) is 8.37. The second kappa shape index (κ2) is 6.13. The summed E-state index contributed by atoms with van der Waals surface area (Å²) in [6, 6.07) is 0. The summed E-state index contributed by atoms with van der Waals surface area (Å²) in [5.74, 6) is 0.0532. The highest BCUT2D eigenvalue weighted by Gasteiger charge is 2.21. The minimum absolute atomic E-state index is 0.0532. The summed E-state index contributed by atoms with van der Waals surface area (Å²) in [5.41, 5.74) is -1.07. The van der Waals surface area contributed by atoms with Crippen LogP contribution in [0.3, 0.4) is 0 Å². The second-order valence-electron chi connectivity index (χ2n) is 3.82. The molecule has 0 amide bonds. The smallest absolute Gasteiger partial charge is 0.325 e. The molecule has 0 bridgehead atoms. The van der Waals surface area contributed by atoms with E-state index in [1.54, 1.807) is 6.92 Å². The molecule has 8 heteroatoms. The third-order valence-electron chi connectivity index (χ3n) is 2.33. The van der Waals surface area contributed by atoms with Gasteiger partial charge in [-0.1, -0.05) is 0 Å². The zero-order chi connectivity index (χ0) is 13.8. The monoisotopic (exact) mass is 277 g/mol. The van der Waals surface area contributed by atoms with Crippen LogP contribution in [0.4, 0.5) is 5.69 Å². The van der Waals surface area contributed by atoms with E-state index in [1.807, 2.05) is 0 Å². The molecule has 0 aliphatic heterocycles. The summed E-state index contributed by atoms with van der Waals surface area (Å²) in [6.07, 6.45) is 0.658. The van der Waals surface area contributed by atoms with Crippen LogP contribution in [0.1, 0.15) is 19.8 Å². The lowest BCUT2D eigenvalue weighted by molar-refractivity contribution is 0.334. The Morgan fingerprint density at radius 3 is 2.44 bits per heavy atom. The van der Waals surface area contributed by atoms with Gasteiger partial charge in [-0.15, -0.1) is 0 Å². The molecule has 1 aromatic rings. The van der Waals surface area contributed by atoms with Crippen LogP contribution in [0.5, 0.6) is 5.75 Å². The summed E-state index contributed by atoms with van der Waals surface area (Å²) in [6.45, 7) is 2.38. The van der Waals surface area contributed by atoms with Gasteiger partial charge >= 0.3 is 7.60 Å². The highest BCUT2D eigenvalue weighted by atomic mass is 31.2. The lowest BCUT2D eigenvalue weighted by Gasteiger charge is -2.12. The number of ether oxygens (including phenoxy) is 1. The minimum Gasteiger partial charge on any atom is -0.488 e. The van der Waals surface area contributed by atoms with E-state index < -0.39 is 18.5 Å². The maximum absolute atomic E-state index is 11.2. The molecule has 0 heterocycles. The predicted octanol–water partition coefficient (Wildman–Crippen LogP) is 0.0511. The molecular weight excluding hydrogens is 261 g/mol. The van der Waals surface area contributed by atoms with Crippen molar-refractivity contribution >= 4 is 13.3 Å². The molecule has 3 N–H and O–H groups in total. The van der Waals surface area contributed by atoms with Crippen molar-refractivity contribution in [2.24, 2.45) is 0 Å². The largest absolute Gasteiger partial charge is 0.488 e. The fraction of sp³-hybridized carbons (Fsp3) is 0.600. The molecule has 7 nitrogen and oxygen atoms in total. The maximum Gasteiger partial charge on any atom is 0.325 e. The van der Waals surface area contributed by atoms with Crippen molar-refractivity contribution in [1.82, 2.24) is 0 Å². The molecule has 102 valence electrons. The second-order valence-corrected chi connectivity index (χ2v) is 5.59. The van der Waals surface area contributed by atoms with Gasteiger partial charge in [0.1, 0.15) is 5.69 Å². The summed E-state index contributed by atoms with van der Waals surface area (Å²) in [4.78, 5) is 39.6. The van der Waals surface area contributed by atoms with Gasteiger partial charge in [0.15, 0.2) is 5.75 Å². The van der Waals surface area contributed by atoms with Crippen LogP contribution >= 0.6 is 7.60 Å². The van der Waals surface area contributed by atoms with Gasteiger partial charge in [-0.2, -0.15) is 0 Å². The Hall–Kier alpha value is -1.17. The molecule has 0 unspecified atom stereocenters. The molecule has 0 aliphatic rings. The molecule has 1 rings (SSSR count). The highest BCUT2D eigenvalue weighted by Crippen LogP contribution is 2.35. The zero-order valence-corrected chi connectivity index (χ0v) is 10.9. The summed E-state index contributed by atoms with van der Waals surface area (Å²) >= 11 is 0. The molecule has 0 aliphatic carbocycles. The summed E-state index contributed by atoms with van der Waals surface area (Å²) in [7, 11) is -3.95. The predicted molar refractivity (Wildman–Crippen MR) is 67.2 cm³/mol. The van der Waals surface area contributed by atoms with E-state index in [-0.39, 0.29) is 17.6 Å². The van der Waals surface area contributed by atoms with E-state index >= 15 is 0 Å². The van der Waals surface area contributed by atoms with Gasteiger partial charge in [-0.3, -0.25) is 14.2 Å². The molecule has 0 saturated carbocycles. The van der Waals surface area contributed by atoms with Crippen molar-refractivity contribution in [3.05, 3.63) is 20.4 Å². The van der Waals surface area contributed by atoms with Crippen LogP contribution < -0.4 is 20.9 Å². The average molecular weight is 277 g/mol. The van der Waals surface area contributed by atoms with Crippen molar-refractivity contribution in [1.29, 1.82) is 0 Å². The Kier molecular flexibility index (Phi) is 5.07. The first kappa shape index (κ1) is 14.9. The van der Waals surface area contributed by atoms with E-state index in [0.717, 1.165) is 0 Å². The van der Waals surface area contributed by atoms with Gasteiger partial charge in [-0.25, -0.2) is 0 Å². The van der Waals surface area contributed by atoms with Crippen molar-refractivity contribution < 1.29 is 19.1 Å². The Labute approximate surface area is 104 Å². The van der Waals surface area contributed by atoms with Gasteiger partial charge in [-0.05, 0) is 19.8 Å². The van der Waals surface area contributed by atoms with Crippen LogP contribution in [-0.2, 0) is 4.57 Å². The van der Waals surface area contributed by atoms with Gasteiger partial charge in [0.25, 0.3) is 10.9 Å². The number of hydrogen-bond acceptors (Lipinski definition) is 5. The molecule has 0 saturated heterocycles. The third kappa shape index (κ3) is 3.94. The van der Waals surface area contributed by atoms with Crippen LogP contribution in [0.2, 0.25) is 0 Å².